The Morgan fingerprint density at radius 3 is 2.21 bits per heavy atom. The van der Waals surface area contributed by atoms with Gasteiger partial charge in [-0.1, -0.05) is 24.3 Å². The van der Waals surface area contributed by atoms with E-state index in [1.165, 1.54) is 0 Å². The van der Waals surface area contributed by atoms with Gasteiger partial charge in [-0.2, -0.15) is 0 Å². The van der Waals surface area contributed by atoms with Gasteiger partial charge in [0.05, 0.1) is 17.4 Å². The van der Waals surface area contributed by atoms with Gasteiger partial charge in [-0.25, -0.2) is 4.79 Å². The number of rotatable bonds is 5. The summed E-state index contributed by atoms with van der Waals surface area (Å²) >= 11 is 0. The molecule has 150 valence electrons. The topological polar surface area (TPSA) is 93.7 Å². The minimum absolute atomic E-state index is 0.224. The Morgan fingerprint density at radius 1 is 1.04 bits per heavy atom. The van der Waals surface area contributed by atoms with E-state index >= 15 is 0 Å². The van der Waals surface area contributed by atoms with Crippen LogP contribution in [0.3, 0.4) is 0 Å². The maximum Gasteiger partial charge on any atom is 0.412 e. The first-order valence-electron chi connectivity index (χ1n) is 9.05. The van der Waals surface area contributed by atoms with Crippen molar-refractivity contribution in [3.63, 3.8) is 0 Å². The highest BCUT2D eigenvalue weighted by Crippen LogP contribution is 2.25. The van der Waals surface area contributed by atoms with Gasteiger partial charge in [0.1, 0.15) is 12.1 Å². The van der Waals surface area contributed by atoms with Crippen LogP contribution in [0.4, 0.5) is 10.5 Å². The Kier molecular flexibility index (Phi) is 6.62. The third-order valence-electron chi connectivity index (χ3n) is 3.53. The molecule has 2 aromatic carbocycles. The molecule has 2 aromatic rings. The number of fused-ring (bicyclic) bond motifs is 1. The average Bonchev–Trinajstić information content (AvgIpc) is 2.56. The van der Waals surface area contributed by atoms with Gasteiger partial charge in [0.2, 0.25) is 0 Å². The lowest BCUT2D eigenvalue weighted by atomic mass is 10.0. The molecular weight excluding hydrogens is 360 g/mol. The molecule has 0 saturated carbocycles. The number of carbonyl (C=O) groups is 3. The zero-order valence-electron chi connectivity index (χ0n) is 16.8. The normalized spacial score (nSPS) is 11.2. The molecule has 0 unspecified atom stereocenters. The first kappa shape index (κ1) is 21.2. The van der Waals surface area contributed by atoms with Gasteiger partial charge in [-0.15, -0.1) is 0 Å². The summed E-state index contributed by atoms with van der Waals surface area (Å²) in [5, 5.41) is 6.82. The molecule has 2 rings (SSSR count). The summed E-state index contributed by atoms with van der Waals surface area (Å²) < 4.78 is 10.3. The molecule has 0 fully saturated rings. The maximum atomic E-state index is 12.7. The molecule has 2 N–H and O–H groups in total. The van der Waals surface area contributed by atoms with Crippen LogP contribution in [0.2, 0.25) is 0 Å². The Hall–Kier alpha value is -3.09. The van der Waals surface area contributed by atoms with E-state index in [1.54, 1.807) is 46.8 Å². The number of amides is 2. The highest BCUT2D eigenvalue weighted by molar-refractivity contribution is 6.07. The molecule has 7 nitrogen and oxygen atoms in total. The van der Waals surface area contributed by atoms with Gasteiger partial charge in [0, 0.05) is 0 Å². The van der Waals surface area contributed by atoms with Gasteiger partial charge in [-0.3, -0.25) is 14.9 Å². The van der Waals surface area contributed by atoms with Crippen molar-refractivity contribution in [2.24, 2.45) is 0 Å². The zero-order valence-corrected chi connectivity index (χ0v) is 16.8. The summed E-state index contributed by atoms with van der Waals surface area (Å²) in [5.74, 6) is -1.04. The van der Waals surface area contributed by atoms with Crippen molar-refractivity contribution in [1.82, 2.24) is 5.32 Å². The van der Waals surface area contributed by atoms with Crippen molar-refractivity contribution < 1.29 is 23.9 Å². The molecule has 0 aliphatic heterocycles. The quantitative estimate of drug-likeness (QED) is 0.761. The van der Waals surface area contributed by atoms with Crippen LogP contribution in [0.5, 0.6) is 0 Å². The van der Waals surface area contributed by atoms with Crippen LogP contribution >= 0.6 is 0 Å². The van der Waals surface area contributed by atoms with Crippen molar-refractivity contribution in [2.45, 2.75) is 46.3 Å². The highest BCUT2D eigenvalue weighted by atomic mass is 16.6. The van der Waals surface area contributed by atoms with Gasteiger partial charge in [0.15, 0.2) is 0 Å². The SMILES string of the molecule is CC(C)OC(=O)CNC(=O)c1cc2ccccc2cc1NC(=O)OC(C)(C)C. The fourth-order valence-electron chi connectivity index (χ4n) is 2.50. The molecule has 0 spiro atoms. The number of benzene rings is 2. The Labute approximate surface area is 164 Å². The first-order chi connectivity index (χ1) is 13.0. The van der Waals surface area contributed by atoms with Gasteiger partial charge in [-0.05, 0) is 57.5 Å². The zero-order chi connectivity index (χ0) is 20.9. The van der Waals surface area contributed by atoms with Crippen molar-refractivity contribution >= 4 is 34.4 Å². The second-order valence-electron chi connectivity index (χ2n) is 7.59. The van der Waals surface area contributed by atoms with Crippen LogP contribution in [0.1, 0.15) is 45.0 Å². The number of hydrogen-bond donors (Lipinski definition) is 2. The summed E-state index contributed by atoms with van der Waals surface area (Å²) in [5.41, 5.74) is -0.158. The monoisotopic (exact) mass is 386 g/mol. The fourth-order valence-corrected chi connectivity index (χ4v) is 2.50. The molecule has 2 amide bonds. The first-order valence-corrected chi connectivity index (χ1v) is 9.05. The standard InChI is InChI=1S/C21H26N2O5/c1-13(2)27-18(24)12-22-19(25)16-10-14-8-6-7-9-15(14)11-17(16)23-20(26)28-21(3,4)5/h6-11,13H,12H2,1-5H3,(H,22,25)(H,23,26). The predicted octanol–water partition coefficient (Wildman–Crippen LogP) is 3.87. The molecule has 0 saturated heterocycles. The van der Waals surface area contributed by atoms with E-state index in [1.807, 2.05) is 24.3 Å². The van der Waals surface area contributed by atoms with E-state index in [0.717, 1.165) is 10.8 Å². The molecule has 0 bridgehead atoms. The summed E-state index contributed by atoms with van der Waals surface area (Å²) in [6.07, 6.45) is -0.939. The lowest BCUT2D eigenvalue weighted by molar-refractivity contribution is -0.146. The van der Waals surface area contributed by atoms with Crippen molar-refractivity contribution in [3.8, 4) is 0 Å². The lowest BCUT2D eigenvalue weighted by Gasteiger charge is -2.20. The molecule has 0 aromatic heterocycles. The summed E-state index contributed by atoms with van der Waals surface area (Å²) in [4.78, 5) is 36.5. The van der Waals surface area contributed by atoms with Crippen molar-refractivity contribution in [2.75, 3.05) is 11.9 Å². The van der Waals surface area contributed by atoms with E-state index in [0.29, 0.717) is 5.69 Å². The minimum Gasteiger partial charge on any atom is -0.462 e. The number of ether oxygens (including phenoxy) is 2. The Morgan fingerprint density at radius 2 is 1.64 bits per heavy atom. The maximum absolute atomic E-state index is 12.7. The third kappa shape index (κ3) is 6.26. The Balaban J connectivity index is 2.27. The van der Waals surface area contributed by atoms with Gasteiger partial charge >= 0.3 is 12.1 Å². The van der Waals surface area contributed by atoms with E-state index in [-0.39, 0.29) is 18.2 Å². The molecule has 7 heteroatoms. The number of anilines is 1. The van der Waals surface area contributed by atoms with Gasteiger partial charge in [0.25, 0.3) is 5.91 Å². The minimum atomic E-state index is -0.677. The molecule has 0 aliphatic carbocycles. The van der Waals surface area contributed by atoms with Crippen molar-refractivity contribution in [1.29, 1.82) is 0 Å². The summed E-state index contributed by atoms with van der Waals surface area (Å²) in [6, 6.07) is 10.8. The largest absolute Gasteiger partial charge is 0.462 e. The summed E-state index contributed by atoms with van der Waals surface area (Å²) in [6.45, 7) is 8.44. The second-order valence-corrected chi connectivity index (χ2v) is 7.59. The van der Waals surface area contributed by atoms with Crippen LogP contribution in [0.15, 0.2) is 36.4 Å². The molecule has 0 atom stereocenters. The lowest BCUT2D eigenvalue weighted by Crippen LogP contribution is -2.33. The molecular formula is C21H26N2O5. The second kappa shape index (κ2) is 8.73. The third-order valence-corrected chi connectivity index (χ3v) is 3.53. The summed E-state index contributed by atoms with van der Waals surface area (Å²) in [7, 11) is 0. The van der Waals surface area contributed by atoms with Crippen LogP contribution in [-0.4, -0.2) is 36.2 Å². The van der Waals surface area contributed by atoms with E-state index in [4.69, 9.17) is 9.47 Å². The number of nitrogens with one attached hydrogen (secondary N) is 2. The smallest absolute Gasteiger partial charge is 0.412 e. The number of esters is 1. The molecule has 0 radical (unpaired) electrons. The number of hydrogen-bond acceptors (Lipinski definition) is 5. The average molecular weight is 386 g/mol. The van der Waals surface area contributed by atoms with Gasteiger partial charge < -0.3 is 14.8 Å². The van der Waals surface area contributed by atoms with E-state index < -0.39 is 23.6 Å². The van der Waals surface area contributed by atoms with Crippen LogP contribution in [0, 0.1) is 0 Å². The predicted molar refractivity (Wildman–Crippen MR) is 107 cm³/mol. The van der Waals surface area contributed by atoms with Crippen LogP contribution in [0.25, 0.3) is 10.8 Å². The Bertz CT molecular complexity index is 884. The number of carbonyl (C=O) groups excluding carboxylic acids is 3. The molecule has 0 aliphatic rings. The van der Waals surface area contributed by atoms with Crippen LogP contribution < -0.4 is 10.6 Å². The molecule has 28 heavy (non-hydrogen) atoms. The fraction of sp³-hybridized carbons (Fsp3) is 0.381. The molecule has 0 heterocycles. The van der Waals surface area contributed by atoms with Crippen LogP contribution in [-0.2, 0) is 14.3 Å². The van der Waals surface area contributed by atoms with E-state index in [2.05, 4.69) is 10.6 Å². The highest BCUT2D eigenvalue weighted by Gasteiger charge is 2.20. The van der Waals surface area contributed by atoms with E-state index in [9.17, 15) is 14.4 Å². The van der Waals surface area contributed by atoms with Crippen molar-refractivity contribution in [3.05, 3.63) is 42.0 Å².